The molecule has 1 N–H and O–H groups in total. The van der Waals surface area contributed by atoms with Crippen molar-refractivity contribution in [1.82, 2.24) is 15.0 Å². The van der Waals surface area contributed by atoms with Crippen molar-refractivity contribution in [2.75, 3.05) is 6.61 Å². The minimum atomic E-state index is -0.430. The second-order valence-corrected chi connectivity index (χ2v) is 9.38. The van der Waals surface area contributed by atoms with Crippen LogP contribution in [-0.2, 0) is 11.3 Å². The number of amides is 1. The van der Waals surface area contributed by atoms with Gasteiger partial charge in [0, 0.05) is 16.0 Å². The van der Waals surface area contributed by atoms with Crippen molar-refractivity contribution in [2.45, 2.75) is 20.4 Å². The Labute approximate surface area is 211 Å². The Bertz CT molecular complexity index is 1650. The van der Waals surface area contributed by atoms with Gasteiger partial charge in [0.2, 0.25) is 0 Å². The lowest BCUT2D eigenvalue weighted by Gasteiger charge is -2.10. The smallest absolute Gasteiger partial charge is 0.263 e. The summed E-state index contributed by atoms with van der Waals surface area (Å²) in [6.07, 6.45) is 2.99. The van der Waals surface area contributed by atoms with Crippen LogP contribution in [-0.4, -0.2) is 28.3 Å². The number of ether oxygens (including phenoxy) is 1. The average Bonchev–Trinajstić information content (AvgIpc) is 3.24. The lowest BCUT2D eigenvalue weighted by Crippen LogP contribution is -2.30. The van der Waals surface area contributed by atoms with Gasteiger partial charge in [-0.15, -0.1) is 11.3 Å². The van der Waals surface area contributed by atoms with Crippen LogP contribution < -0.4 is 15.7 Å². The number of fused-ring (bicyclic) bond motifs is 2. The maximum absolute atomic E-state index is 13.3. The maximum atomic E-state index is 13.3. The molecule has 7 nitrogen and oxygen atoms in total. The van der Waals surface area contributed by atoms with E-state index in [1.54, 1.807) is 6.21 Å². The molecule has 0 aliphatic heterocycles. The van der Waals surface area contributed by atoms with E-state index in [4.69, 9.17) is 4.74 Å². The molecule has 5 rings (SSSR count). The van der Waals surface area contributed by atoms with E-state index in [9.17, 15) is 9.59 Å². The van der Waals surface area contributed by atoms with Crippen LogP contribution in [0.2, 0.25) is 0 Å². The van der Waals surface area contributed by atoms with Gasteiger partial charge in [-0.3, -0.25) is 14.2 Å². The molecule has 0 atom stereocenters. The van der Waals surface area contributed by atoms with E-state index in [2.05, 4.69) is 15.5 Å². The number of hydrogen-bond acceptors (Lipinski definition) is 6. The molecular formula is C28H24N4O3S. The van der Waals surface area contributed by atoms with E-state index in [-0.39, 0.29) is 12.1 Å². The van der Waals surface area contributed by atoms with Gasteiger partial charge in [0.15, 0.2) is 0 Å². The Kier molecular flexibility index (Phi) is 6.60. The predicted octanol–water partition coefficient (Wildman–Crippen LogP) is 5.14. The molecule has 5 aromatic rings. The van der Waals surface area contributed by atoms with Gasteiger partial charge in [0.1, 0.15) is 17.1 Å². The van der Waals surface area contributed by atoms with Crippen LogP contribution in [0.3, 0.4) is 0 Å². The van der Waals surface area contributed by atoms with Gasteiger partial charge >= 0.3 is 0 Å². The van der Waals surface area contributed by atoms with Crippen molar-refractivity contribution in [3.05, 3.63) is 93.9 Å². The molecule has 0 saturated carbocycles. The molecule has 0 aliphatic rings. The first-order chi connectivity index (χ1) is 17.6. The number of hydrazone groups is 1. The topological polar surface area (TPSA) is 85.6 Å². The fourth-order valence-electron chi connectivity index (χ4n) is 4.25. The fraction of sp³-hybridized carbons (Fsp3) is 0.143. The number of aryl methyl sites for hydroxylation is 1. The van der Waals surface area contributed by atoms with Crippen LogP contribution in [0.5, 0.6) is 5.75 Å². The monoisotopic (exact) mass is 496 g/mol. The second-order valence-electron chi connectivity index (χ2n) is 8.18. The summed E-state index contributed by atoms with van der Waals surface area (Å²) in [5.74, 6) is 0.252. The first-order valence-corrected chi connectivity index (χ1v) is 12.4. The molecule has 0 fully saturated rings. The van der Waals surface area contributed by atoms with Crippen molar-refractivity contribution in [1.29, 1.82) is 0 Å². The van der Waals surface area contributed by atoms with Gasteiger partial charge in [-0.25, -0.2) is 10.4 Å². The zero-order valence-corrected chi connectivity index (χ0v) is 20.7. The number of aromatic nitrogens is 2. The average molecular weight is 497 g/mol. The van der Waals surface area contributed by atoms with Crippen LogP contribution in [0.25, 0.3) is 32.1 Å². The van der Waals surface area contributed by atoms with Crippen molar-refractivity contribution in [3.8, 4) is 16.9 Å². The fourth-order valence-corrected chi connectivity index (χ4v) is 5.25. The van der Waals surface area contributed by atoms with Crippen LogP contribution in [0.1, 0.15) is 17.4 Å². The Balaban J connectivity index is 1.40. The minimum Gasteiger partial charge on any atom is -0.493 e. The number of nitrogens with one attached hydrogen (secondary N) is 1. The molecule has 3 aromatic carbocycles. The van der Waals surface area contributed by atoms with E-state index >= 15 is 0 Å². The molecule has 0 bridgehead atoms. The summed E-state index contributed by atoms with van der Waals surface area (Å²) in [7, 11) is 0. The molecule has 2 aromatic heterocycles. The van der Waals surface area contributed by atoms with Crippen LogP contribution in [0.4, 0.5) is 0 Å². The number of carbonyl (C=O) groups is 1. The van der Waals surface area contributed by atoms with E-state index in [0.29, 0.717) is 22.6 Å². The summed E-state index contributed by atoms with van der Waals surface area (Å²) in [6.45, 7) is 4.20. The highest BCUT2D eigenvalue weighted by Gasteiger charge is 2.17. The zero-order valence-electron chi connectivity index (χ0n) is 19.9. The van der Waals surface area contributed by atoms with Gasteiger partial charge in [0.25, 0.3) is 11.5 Å². The van der Waals surface area contributed by atoms with Crippen molar-refractivity contribution in [3.63, 3.8) is 0 Å². The normalized spacial score (nSPS) is 11.4. The number of carbonyl (C=O) groups excluding carboxylic acids is 1. The molecule has 0 spiro atoms. The first-order valence-electron chi connectivity index (χ1n) is 11.6. The van der Waals surface area contributed by atoms with E-state index in [1.807, 2.05) is 80.6 Å². The maximum Gasteiger partial charge on any atom is 0.263 e. The highest BCUT2D eigenvalue weighted by molar-refractivity contribution is 7.19. The van der Waals surface area contributed by atoms with Gasteiger partial charge in [-0.2, -0.15) is 5.10 Å². The van der Waals surface area contributed by atoms with Gasteiger partial charge in [-0.05, 0) is 36.2 Å². The molecule has 8 heteroatoms. The highest BCUT2D eigenvalue weighted by Crippen LogP contribution is 2.35. The Hall–Kier alpha value is -4.30. The van der Waals surface area contributed by atoms with Gasteiger partial charge < -0.3 is 4.74 Å². The van der Waals surface area contributed by atoms with E-state index in [1.165, 1.54) is 22.2 Å². The Morgan fingerprint density at radius 2 is 1.89 bits per heavy atom. The number of thiophene rings is 1. The Morgan fingerprint density at radius 3 is 2.69 bits per heavy atom. The summed E-state index contributed by atoms with van der Waals surface area (Å²) < 4.78 is 7.06. The van der Waals surface area contributed by atoms with Crippen LogP contribution >= 0.6 is 11.3 Å². The molecule has 2 heterocycles. The van der Waals surface area contributed by atoms with Crippen molar-refractivity contribution in [2.24, 2.45) is 5.10 Å². The number of hydrogen-bond donors (Lipinski definition) is 1. The summed E-state index contributed by atoms with van der Waals surface area (Å²) >= 11 is 1.47. The number of benzene rings is 3. The van der Waals surface area contributed by atoms with Gasteiger partial charge in [-0.1, -0.05) is 60.7 Å². The second kappa shape index (κ2) is 10.1. The lowest BCUT2D eigenvalue weighted by molar-refractivity contribution is -0.121. The van der Waals surface area contributed by atoms with Crippen LogP contribution in [0.15, 0.2) is 83.0 Å². The molecule has 180 valence electrons. The molecule has 0 saturated heterocycles. The molecule has 0 unspecified atom stereocenters. The third-order valence-electron chi connectivity index (χ3n) is 5.84. The zero-order chi connectivity index (χ0) is 25.1. The van der Waals surface area contributed by atoms with Crippen molar-refractivity contribution >= 4 is 44.4 Å². The molecule has 36 heavy (non-hydrogen) atoms. The largest absolute Gasteiger partial charge is 0.493 e. The highest BCUT2D eigenvalue weighted by atomic mass is 32.1. The molecule has 0 aliphatic carbocycles. The predicted molar refractivity (Wildman–Crippen MR) is 145 cm³/mol. The lowest BCUT2D eigenvalue weighted by atomic mass is 10.0. The Morgan fingerprint density at radius 1 is 1.11 bits per heavy atom. The van der Waals surface area contributed by atoms with Crippen molar-refractivity contribution < 1.29 is 9.53 Å². The summed E-state index contributed by atoms with van der Waals surface area (Å²) in [4.78, 5) is 32.1. The SMILES string of the molecule is CCOc1ccc2ccccc2c1/C=N\NC(=O)Cn1cnc2sc(C)c(-c3ccccc3)c2c1=O. The number of nitrogens with zero attached hydrogens (tertiary/aromatic N) is 3. The molecule has 0 radical (unpaired) electrons. The third-order valence-corrected chi connectivity index (χ3v) is 6.86. The quantitative estimate of drug-likeness (QED) is 0.250. The van der Waals surface area contributed by atoms with E-state index < -0.39 is 5.91 Å². The first kappa shape index (κ1) is 23.4. The summed E-state index contributed by atoms with van der Waals surface area (Å²) in [6, 6.07) is 21.5. The van der Waals surface area contributed by atoms with Crippen LogP contribution in [0, 0.1) is 6.92 Å². The summed E-state index contributed by atoms with van der Waals surface area (Å²) in [5, 5.41) is 6.69. The third kappa shape index (κ3) is 4.50. The van der Waals surface area contributed by atoms with E-state index in [0.717, 1.165) is 32.3 Å². The number of rotatable bonds is 7. The minimum absolute atomic E-state index is 0.198. The molecule has 1 amide bonds. The van der Waals surface area contributed by atoms with Gasteiger partial charge in [0.05, 0.1) is 24.5 Å². The summed E-state index contributed by atoms with van der Waals surface area (Å²) in [5.41, 5.74) is 4.86. The standard InChI is InChI=1S/C28H24N4O3S/c1-3-35-23-14-13-19-9-7-8-12-21(19)22(23)15-30-31-24(33)16-32-17-29-27-26(28(32)34)25(18(2)36-27)20-10-5-4-6-11-20/h4-15,17H,3,16H2,1-2H3,(H,31,33)/b30-15-. The molecular weight excluding hydrogens is 472 g/mol.